The van der Waals surface area contributed by atoms with Gasteiger partial charge in [0.25, 0.3) is 11.8 Å². The standard InChI is InChI=1S/C24H27N3O7.Li.2H2O/c1-15(17-8-10-19(33-2)20(14-17)34-3)25-24(32)18-7-5-4-6-16(18)9-11-21(28)26-27-22(29)12-13-23(30)31;;;/h4-8,10,12-15H,9,11H2,1-3H3,(H,25,32)(H,26,28)(H,27,29)(H,30,31);;2*1H2/q;+1;;/p-1/b13-12+;;;/t15-;;;/m1.../s1. The van der Waals surface area contributed by atoms with E-state index in [2.05, 4.69) is 16.2 Å². The molecule has 0 saturated heterocycles. The molecule has 1 atom stereocenters. The summed E-state index contributed by atoms with van der Waals surface area (Å²) in [5.74, 6) is -1.71. The third-order valence-corrected chi connectivity index (χ3v) is 4.84. The number of hydrogen-bond donors (Lipinski definition) is 4. The first-order valence-electron chi connectivity index (χ1n) is 10.4. The molecule has 0 fully saturated rings. The molecule has 12 nitrogen and oxygen atoms in total. The number of rotatable bonds is 10. The number of carboxylic acid groups (broad SMARTS) is 1. The number of carbonyl (C=O) groups is 4. The maximum Gasteiger partial charge on any atom is 1.00 e. The van der Waals surface area contributed by atoms with Crippen LogP contribution in [0.2, 0.25) is 0 Å². The van der Waals surface area contributed by atoms with E-state index in [1.165, 1.54) is 7.11 Å². The molecule has 2 rings (SSSR count). The third kappa shape index (κ3) is 11.2. The van der Waals surface area contributed by atoms with Crippen LogP contribution < -0.4 is 44.5 Å². The van der Waals surface area contributed by atoms with Gasteiger partial charge in [-0.2, -0.15) is 0 Å². The number of carbonyl (C=O) groups excluding carboxylic acids is 3. The van der Waals surface area contributed by atoms with Crippen molar-refractivity contribution in [1.29, 1.82) is 0 Å². The van der Waals surface area contributed by atoms with Crippen LogP contribution in [0.1, 0.15) is 40.9 Å². The summed E-state index contributed by atoms with van der Waals surface area (Å²) in [4.78, 5) is 46.8. The number of aryl methyl sites for hydroxylation is 1. The van der Waals surface area contributed by atoms with Crippen LogP contribution in [-0.4, -0.2) is 54.0 Å². The van der Waals surface area contributed by atoms with Gasteiger partial charge in [-0.3, -0.25) is 25.2 Å². The number of nitrogens with one attached hydrogen (secondary N) is 3. The number of amides is 3. The van der Waals surface area contributed by atoms with Crippen molar-refractivity contribution in [1.82, 2.24) is 16.2 Å². The van der Waals surface area contributed by atoms with Crippen molar-refractivity contribution in [2.24, 2.45) is 0 Å². The summed E-state index contributed by atoms with van der Waals surface area (Å²) in [6, 6.07) is 12.0. The zero-order chi connectivity index (χ0) is 25.1. The van der Waals surface area contributed by atoms with Crippen molar-refractivity contribution in [3.05, 3.63) is 71.3 Å². The monoisotopic (exact) mass is 511 g/mol. The first kappa shape index (κ1) is 35.3. The molecule has 0 radical (unpaired) electrons. The molecule has 2 aromatic carbocycles. The second-order valence-electron chi connectivity index (χ2n) is 7.18. The van der Waals surface area contributed by atoms with Crippen molar-refractivity contribution < 1.29 is 63.6 Å². The molecule has 3 amide bonds. The van der Waals surface area contributed by atoms with Crippen LogP contribution in [0.5, 0.6) is 11.5 Å². The molecule has 7 N–H and O–H groups in total. The van der Waals surface area contributed by atoms with Crippen LogP contribution in [-0.2, 0) is 20.8 Å². The fraction of sp³-hybridized carbons (Fsp3) is 0.250. The Hall–Kier alpha value is -3.82. The van der Waals surface area contributed by atoms with Crippen LogP contribution >= 0.6 is 0 Å². The van der Waals surface area contributed by atoms with E-state index >= 15 is 0 Å². The van der Waals surface area contributed by atoms with Crippen molar-refractivity contribution in [3.8, 4) is 11.5 Å². The smallest absolute Gasteiger partial charge is 0.870 e. The zero-order valence-corrected chi connectivity index (χ0v) is 21.0. The third-order valence-electron chi connectivity index (χ3n) is 4.84. The van der Waals surface area contributed by atoms with Gasteiger partial charge in [0.15, 0.2) is 11.5 Å². The molecule has 0 aliphatic carbocycles. The van der Waals surface area contributed by atoms with Crippen molar-refractivity contribution in [2.75, 3.05) is 14.2 Å². The van der Waals surface area contributed by atoms with Crippen LogP contribution in [0, 0.1) is 0 Å². The molecule has 0 unspecified atom stereocenters. The SMILES string of the molecule is COc1ccc([C@@H](C)NC(=O)c2ccccc2CCC(=O)NNC(=O)/C=C/C(=O)O)cc1OC.O.[Li+].[OH-]. The Labute approximate surface area is 226 Å². The fourth-order valence-electron chi connectivity index (χ4n) is 3.07. The minimum atomic E-state index is -1.28. The average Bonchev–Trinajstić information content (AvgIpc) is 2.84. The number of methoxy groups -OCH3 is 2. The summed E-state index contributed by atoms with van der Waals surface area (Å²) >= 11 is 0. The van der Waals surface area contributed by atoms with Gasteiger partial charge < -0.3 is 30.8 Å². The van der Waals surface area contributed by atoms with Crippen molar-refractivity contribution in [2.45, 2.75) is 25.8 Å². The normalized spacial score (nSPS) is 10.5. The van der Waals surface area contributed by atoms with Gasteiger partial charge in [0, 0.05) is 24.1 Å². The van der Waals surface area contributed by atoms with E-state index in [0.717, 1.165) is 11.6 Å². The van der Waals surface area contributed by atoms with E-state index in [4.69, 9.17) is 14.6 Å². The Bertz CT molecular complexity index is 1090. The van der Waals surface area contributed by atoms with E-state index in [1.54, 1.807) is 43.5 Å². The number of aliphatic carboxylic acids is 1. The number of carboxylic acids is 1. The summed E-state index contributed by atoms with van der Waals surface area (Å²) in [6.07, 6.45) is 1.68. The molecule has 0 aromatic heterocycles. The molecule has 196 valence electrons. The van der Waals surface area contributed by atoms with Gasteiger partial charge in [0.1, 0.15) is 0 Å². The topological polar surface area (TPSA) is 205 Å². The summed E-state index contributed by atoms with van der Waals surface area (Å²) in [5, 5.41) is 11.4. The number of ether oxygens (including phenoxy) is 2. The summed E-state index contributed by atoms with van der Waals surface area (Å²) in [7, 11) is 3.08. The molecule has 0 spiro atoms. The number of hydrogen-bond acceptors (Lipinski definition) is 7. The first-order valence-corrected chi connectivity index (χ1v) is 10.4. The fourth-order valence-corrected chi connectivity index (χ4v) is 3.07. The molecule has 0 heterocycles. The van der Waals surface area contributed by atoms with Gasteiger partial charge in [0.2, 0.25) is 5.91 Å². The van der Waals surface area contributed by atoms with Gasteiger partial charge in [0.05, 0.1) is 20.3 Å². The molecule has 37 heavy (non-hydrogen) atoms. The van der Waals surface area contributed by atoms with E-state index < -0.39 is 17.8 Å². The number of benzene rings is 2. The average molecular weight is 511 g/mol. The van der Waals surface area contributed by atoms with Gasteiger partial charge in [-0.25, -0.2) is 4.79 Å². The van der Waals surface area contributed by atoms with E-state index in [0.29, 0.717) is 28.7 Å². The Morgan fingerprint density at radius 2 is 1.62 bits per heavy atom. The van der Waals surface area contributed by atoms with Gasteiger partial charge in [-0.1, -0.05) is 24.3 Å². The Balaban J connectivity index is 0. The zero-order valence-electron chi connectivity index (χ0n) is 21.0. The predicted octanol–water partition coefficient (Wildman–Crippen LogP) is -2.08. The van der Waals surface area contributed by atoms with E-state index in [9.17, 15) is 19.2 Å². The minimum absolute atomic E-state index is 0. The molecule has 2 aromatic rings. The number of hydrazine groups is 1. The Morgan fingerprint density at radius 1 is 0.973 bits per heavy atom. The summed E-state index contributed by atoms with van der Waals surface area (Å²) in [5.41, 5.74) is 6.19. The van der Waals surface area contributed by atoms with Crippen LogP contribution in [0.3, 0.4) is 0 Å². The molecule has 0 aliphatic rings. The quantitative estimate of drug-likeness (QED) is 0.158. The maximum absolute atomic E-state index is 12.9. The Kier molecular flexibility index (Phi) is 16.8. The minimum Gasteiger partial charge on any atom is -0.870 e. The van der Waals surface area contributed by atoms with E-state index in [-0.39, 0.29) is 54.6 Å². The molecule has 0 bridgehead atoms. The molecular weight excluding hydrogens is 481 g/mol. The second kappa shape index (κ2) is 17.6. The van der Waals surface area contributed by atoms with Crippen LogP contribution in [0.4, 0.5) is 0 Å². The van der Waals surface area contributed by atoms with Gasteiger partial charge >= 0.3 is 24.8 Å². The summed E-state index contributed by atoms with van der Waals surface area (Å²) < 4.78 is 10.6. The van der Waals surface area contributed by atoms with Gasteiger partial charge in [-0.15, -0.1) is 0 Å². The van der Waals surface area contributed by atoms with E-state index in [1.807, 2.05) is 13.0 Å². The second-order valence-corrected chi connectivity index (χ2v) is 7.18. The predicted molar refractivity (Wildman–Crippen MR) is 129 cm³/mol. The maximum atomic E-state index is 12.9. The van der Waals surface area contributed by atoms with Crippen LogP contribution in [0.15, 0.2) is 54.6 Å². The summed E-state index contributed by atoms with van der Waals surface area (Å²) in [6.45, 7) is 1.84. The van der Waals surface area contributed by atoms with Crippen molar-refractivity contribution in [3.63, 3.8) is 0 Å². The first-order chi connectivity index (χ1) is 16.2. The molecule has 0 saturated carbocycles. The van der Waals surface area contributed by atoms with Crippen LogP contribution in [0.25, 0.3) is 0 Å². The van der Waals surface area contributed by atoms with Gasteiger partial charge in [-0.05, 0) is 42.7 Å². The molecule has 0 aliphatic heterocycles. The molecular formula is C24H30LiN3O9. The van der Waals surface area contributed by atoms with Crippen molar-refractivity contribution >= 4 is 23.7 Å². The largest absolute Gasteiger partial charge is 1.00 e. The molecule has 13 heteroatoms. The Morgan fingerprint density at radius 3 is 2.24 bits per heavy atom.